The van der Waals surface area contributed by atoms with Crippen LogP contribution in [0.1, 0.15) is 33.0 Å². The molecule has 0 saturated carbocycles. The van der Waals surface area contributed by atoms with Crippen LogP contribution < -0.4 is 10.2 Å². The lowest BCUT2D eigenvalue weighted by atomic mass is 9.97. The van der Waals surface area contributed by atoms with Gasteiger partial charge in [-0.05, 0) is 56.2 Å². The maximum absolute atomic E-state index is 15.6. The van der Waals surface area contributed by atoms with Crippen LogP contribution in [-0.2, 0) is 11.3 Å². The maximum Gasteiger partial charge on any atom is 0.416 e. The number of benzene rings is 1. The van der Waals surface area contributed by atoms with Crippen LogP contribution in [-0.4, -0.2) is 48.0 Å². The summed E-state index contributed by atoms with van der Waals surface area (Å²) in [5, 5.41) is 6.41. The highest BCUT2D eigenvalue weighted by Crippen LogP contribution is 2.34. The van der Waals surface area contributed by atoms with E-state index in [1.165, 1.54) is 17.2 Å². The van der Waals surface area contributed by atoms with Crippen molar-refractivity contribution in [1.29, 1.82) is 0 Å². The van der Waals surface area contributed by atoms with Gasteiger partial charge in [-0.1, -0.05) is 5.16 Å². The molecule has 3 heterocycles. The van der Waals surface area contributed by atoms with E-state index in [2.05, 4.69) is 15.5 Å². The fraction of sp³-hybridized carbons (Fsp3) is 0.375. The molecule has 1 fully saturated rings. The SMILES string of the molecule is Cc1cc(-c2c(F)cc(N3CCO[C@@H](C(F)(F)F)C3)cc2CNC(=O)c2conc2C)cc(C)n1. The summed E-state index contributed by atoms with van der Waals surface area (Å²) in [7, 11) is 0. The zero-order valence-electron chi connectivity index (χ0n) is 19.4. The van der Waals surface area contributed by atoms with Gasteiger partial charge in [0.1, 0.15) is 17.6 Å². The molecule has 0 spiro atoms. The molecule has 1 N–H and O–H groups in total. The number of ether oxygens (including phenoxy) is 1. The van der Waals surface area contributed by atoms with Crippen LogP contribution in [0.25, 0.3) is 11.1 Å². The number of anilines is 1. The van der Waals surface area contributed by atoms with Gasteiger partial charge >= 0.3 is 6.18 Å². The molecule has 2 aromatic heterocycles. The molecule has 1 saturated heterocycles. The van der Waals surface area contributed by atoms with Crippen LogP contribution >= 0.6 is 0 Å². The molecule has 35 heavy (non-hydrogen) atoms. The monoisotopic (exact) mass is 492 g/mol. The Morgan fingerprint density at radius 1 is 1.17 bits per heavy atom. The number of aromatic nitrogens is 2. The van der Waals surface area contributed by atoms with Gasteiger partial charge < -0.3 is 19.5 Å². The minimum Gasteiger partial charge on any atom is -0.366 e. The van der Waals surface area contributed by atoms with Gasteiger partial charge in [0.05, 0.1) is 18.8 Å². The molecule has 0 radical (unpaired) electrons. The van der Waals surface area contributed by atoms with E-state index in [0.29, 0.717) is 28.2 Å². The fourth-order valence-corrected chi connectivity index (χ4v) is 4.13. The second-order valence-electron chi connectivity index (χ2n) is 8.44. The molecule has 3 aromatic rings. The van der Waals surface area contributed by atoms with Crippen molar-refractivity contribution in [2.45, 2.75) is 39.6 Å². The number of rotatable bonds is 5. The number of nitrogens with one attached hydrogen (secondary N) is 1. The van der Waals surface area contributed by atoms with Crippen molar-refractivity contribution in [2.24, 2.45) is 0 Å². The highest BCUT2D eigenvalue weighted by atomic mass is 19.4. The summed E-state index contributed by atoms with van der Waals surface area (Å²) in [6.07, 6.45) is -5.29. The Morgan fingerprint density at radius 3 is 2.51 bits per heavy atom. The number of carbonyl (C=O) groups excluding carboxylic acids is 1. The van der Waals surface area contributed by atoms with E-state index in [4.69, 9.17) is 9.26 Å². The average Bonchev–Trinajstić information content (AvgIpc) is 3.22. The maximum atomic E-state index is 15.6. The minimum absolute atomic E-state index is 0.0724. The van der Waals surface area contributed by atoms with Gasteiger partial charge in [-0.25, -0.2) is 4.39 Å². The van der Waals surface area contributed by atoms with Crippen molar-refractivity contribution < 1.29 is 31.6 Å². The molecule has 0 unspecified atom stereocenters. The van der Waals surface area contributed by atoms with Crippen molar-refractivity contribution in [1.82, 2.24) is 15.5 Å². The highest BCUT2D eigenvalue weighted by Gasteiger charge is 2.43. The third-order valence-corrected chi connectivity index (χ3v) is 5.76. The first-order valence-corrected chi connectivity index (χ1v) is 10.9. The first kappa shape index (κ1) is 24.6. The number of nitrogens with zero attached hydrogens (tertiary/aromatic N) is 3. The van der Waals surface area contributed by atoms with E-state index in [-0.39, 0.29) is 36.5 Å². The van der Waals surface area contributed by atoms with E-state index in [1.807, 2.05) is 0 Å². The second kappa shape index (κ2) is 9.65. The summed E-state index contributed by atoms with van der Waals surface area (Å²) < 4.78 is 64.9. The van der Waals surface area contributed by atoms with Gasteiger partial charge in [-0.15, -0.1) is 0 Å². The molecular weight excluding hydrogens is 468 g/mol. The van der Waals surface area contributed by atoms with Crippen molar-refractivity contribution in [3.05, 3.63) is 64.6 Å². The van der Waals surface area contributed by atoms with E-state index < -0.39 is 30.5 Å². The van der Waals surface area contributed by atoms with Crippen LogP contribution in [0.4, 0.5) is 23.2 Å². The minimum atomic E-state index is -4.53. The number of amides is 1. The number of aryl methyl sites for hydroxylation is 3. The highest BCUT2D eigenvalue weighted by molar-refractivity contribution is 5.94. The number of halogens is 4. The van der Waals surface area contributed by atoms with Crippen LogP contribution in [0.2, 0.25) is 0 Å². The molecule has 0 aliphatic carbocycles. The number of hydrogen-bond acceptors (Lipinski definition) is 6. The quantitative estimate of drug-likeness (QED) is 0.529. The van der Waals surface area contributed by atoms with Crippen LogP contribution in [0.5, 0.6) is 0 Å². The molecule has 0 bridgehead atoms. The van der Waals surface area contributed by atoms with Gasteiger partial charge in [-0.3, -0.25) is 9.78 Å². The lowest BCUT2D eigenvalue weighted by molar-refractivity contribution is -0.221. The molecule has 1 aliphatic heterocycles. The number of carbonyl (C=O) groups is 1. The Kier molecular flexibility index (Phi) is 6.79. The van der Waals surface area contributed by atoms with Crippen LogP contribution in [0, 0.1) is 26.6 Å². The topological polar surface area (TPSA) is 80.5 Å². The molecule has 1 aliphatic rings. The predicted molar refractivity (Wildman–Crippen MR) is 120 cm³/mol. The third kappa shape index (κ3) is 5.45. The number of pyridine rings is 1. The Bertz CT molecular complexity index is 1220. The Balaban J connectivity index is 1.72. The standard InChI is InChI=1S/C24H24F4N4O3/c1-13-6-16(7-14(2)30-13)22-17(10-29-23(33)19-12-35-31-15(19)3)8-18(9-20(22)25)32-4-5-34-21(11-32)24(26,27)28/h6-9,12,21H,4-5,10-11H2,1-3H3,(H,29,33)/t21-/m1/s1. The molecular formula is C24H24F4N4O3. The van der Waals surface area contributed by atoms with E-state index >= 15 is 4.39 Å². The Labute approximate surface area is 199 Å². The Hall–Kier alpha value is -3.47. The van der Waals surface area contributed by atoms with Gasteiger partial charge in [-0.2, -0.15) is 13.2 Å². The fourth-order valence-electron chi connectivity index (χ4n) is 4.13. The number of morpholine rings is 1. The van der Waals surface area contributed by atoms with Crippen LogP contribution in [0.15, 0.2) is 35.1 Å². The molecule has 11 heteroatoms. The van der Waals surface area contributed by atoms with Gasteiger partial charge in [0.2, 0.25) is 0 Å². The molecule has 186 valence electrons. The van der Waals surface area contributed by atoms with E-state index in [1.54, 1.807) is 39.0 Å². The van der Waals surface area contributed by atoms with E-state index in [9.17, 15) is 18.0 Å². The van der Waals surface area contributed by atoms with Crippen molar-refractivity contribution in [3.63, 3.8) is 0 Å². The molecule has 7 nitrogen and oxygen atoms in total. The third-order valence-electron chi connectivity index (χ3n) is 5.76. The molecule has 1 amide bonds. The van der Waals surface area contributed by atoms with Crippen LogP contribution in [0.3, 0.4) is 0 Å². The molecule has 1 aromatic carbocycles. The molecule has 4 rings (SSSR count). The smallest absolute Gasteiger partial charge is 0.366 e. The zero-order valence-corrected chi connectivity index (χ0v) is 19.4. The van der Waals surface area contributed by atoms with Gasteiger partial charge in [0, 0.05) is 35.7 Å². The summed E-state index contributed by atoms with van der Waals surface area (Å²) >= 11 is 0. The van der Waals surface area contributed by atoms with Crippen molar-refractivity contribution in [2.75, 3.05) is 24.6 Å². The zero-order chi connectivity index (χ0) is 25.3. The van der Waals surface area contributed by atoms with E-state index in [0.717, 1.165) is 0 Å². The number of hydrogen-bond donors (Lipinski definition) is 1. The molecule has 1 atom stereocenters. The lowest BCUT2D eigenvalue weighted by Crippen LogP contribution is -2.49. The average molecular weight is 492 g/mol. The summed E-state index contributed by atoms with van der Waals surface area (Å²) in [4.78, 5) is 18.4. The first-order chi connectivity index (χ1) is 16.5. The summed E-state index contributed by atoms with van der Waals surface area (Å²) in [5.41, 5.74) is 3.47. The lowest BCUT2D eigenvalue weighted by Gasteiger charge is -2.35. The predicted octanol–water partition coefficient (Wildman–Crippen LogP) is 4.50. The van der Waals surface area contributed by atoms with Gasteiger partial charge in [0.25, 0.3) is 5.91 Å². The second-order valence-corrected chi connectivity index (χ2v) is 8.44. The Morgan fingerprint density at radius 2 is 1.89 bits per heavy atom. The number of alkyl halides is 3. The normalized spacial score (nSPS) is 16.4. The summed E-state index contributed by atoms with van der Waals surface area (Å²) in [5.74, 6) is -1.08. The van der Waals surface area contributed by atoms with Crippen molar-refractivity contribution >= 4 is 11.6 Å². The first-order valence-electron chi connectivity index (χ1n) is 10.9. The van der Waals surface area contributed by atoms with Crippen molar-refractivity contribution in [3.8, 4) is 11.1 Å². The summed E-state index contributed by atoms with van der Waals surface area (Å²) in [6, 6.07) is 6.25. The summed E-state index contributed by atoms with van der Waals surface area (Å²) in [6.45, 7) is 4.67. The van der Waals surface area contributed by atoms with Gasteiger partial charge in [0.15, 0.2) is 6.10 Å². The largest absolute Gasteiger partial charge is 0.416 e.